The van der Waals surface area contributed by atoms with Crippen molar-refractivity contribution in [2.75, 3.05) is 0 Å². The van der Waals surface area contributed by atoms with Gasteiger partial charge in [0.25, 0.3) is 0 Å². The van der Waals surface area contributed by atoms with Crippen LogP contribution in [0.4, 0.5) is 13.2 Å². The van der Waals surface area contributed by atoms with Gasteiger partial charge in [0.2, 0.25) is 0 Å². The smallest absolute Gasteiger partial charge is 0.375 e. The van der Waals surface area contributed by atoms with Crippen molar-refractivity contribution in [1.82, 2.24) is 0 Å². The number of benzene rings is 3. The number of fused-ring (bicyclic) bond motifs is 1. The lowest BCUT2D eigenvalue weighted by molar-refractivity contribution is -0.0499. The minimum absolute atomic E-state index is 0.266. The second-order valence-electron chi connectivity index (χ2n) is 5.01. The molecule has 124 valence electrons. The van der Waals surface area contributed by atoms with Crippen molar-refractivity contribution in [3.63, 3.8) is 0 Å². The molecule has 3 aromatic rings. The first-order chi connectivity index (χ1) is 11.3. The van der Waals surface area contributed by atoms with Gasteiger partial charge in [0.15, 0.2) is 5.75 Å². The Balaban J connectivity index is 2.17. The van der Waals surface area contributed by atoms with Gasteiger partial charge in [-0.25, -0.2) is 0 Å². The Hall–Kier alpha value is -2.54. The fraction of sp³-hybridized carbons (Fsp3) is 0.0588. The van der Waals surface area contributed by atoms with Gasteiger partial charge in [-0.1, -0.05) is 60.7 Å². The molecule has 0 aliphatic rings. The van der Waals surface area contributed by atoms with Gasteiger partial charge in [0, 0.05) is 5.56 Å². The Labute approximate surface area is 136 Å². The van der Waals surface area contributed by atoms with Crippen LogP contribution in [0.1, 0.15) is 0 Å². The summed E-state index contributed by atoms with van der Waals surface area (Å²) in [6.45, 7) is 0. The lowest BCUT2D eigenvalue weighted by Gasteiger charge is -2.14. The molecule has 0 saturated heterocycles. The molecule has 0 atom stereocenters. The number of alkyl halides is 3. The van der Waals surface area contributed by atoms with Gasteiger partial charge in [-0.05, 0) is 22.4 Å². The Morgan fingerprint density at radius 3 is 2.08 bits per heavy atom. The van der Waals surface area contributed by atoms with Gasteiger partial charge in [-0.2, -0.15) is 21.6 Å². The Bertz CT molecular complexity index is 990. The fourth-order valence-electron chi connectivity index (χ4n) is 2.39. The predicted molar refractivity (Wildman–Crippen MR) is 85.0 cm³/mol. The van der Waals surface area contributed by atoms with Crippen molar-refractivity contribution in [2.24, 2.45) is 0 Å². The Morgan fingerprint density at radius 1 is 0.750 bits per heavy atom. The number of hydrogen-bond acceptors (Lipinski definition) is 3. The van der Waals surface area contributed by atoms with Crippen molar-refractivity contribution in [2.45, 2.75) is 5.51 Å². The highest BCUT2D eigenvalue weighted by molar-refractivity contribution is 7.88. The number of rotatable bonds is 3. The van der Waals surface area contributed by atoms with Crippen LogP contribution in [0.25, 0.3) is 21.9 Å². The third kappa shape index (κ3) is 2.94. The average molecular weight is 352 g/mol. The summed E-state index contributed by atoms with van der Waals surface area (Å²) in [5, 5.41) is 1.66. The van der Waals surface area contributed by atoms with E-state index < -0.39 is 15.6 Å². The molecular formula is C17H11F3O3S. The van der Waals surface area contributed by atoms with E-state index in [-0.39, 0.29) is 11.3 Å². The molecule has 0 aliphatic carbocycles. The molecule has 0 N–H and O–H groups in total. The monoisotopic (exact) mass is 352 g/mol. The molecule has 0 bridgehead atoms. The maximum Gasteiger partial charge on any atom is 0.534 e. The second kappa shape index (κ2) is 5.83. The Morgan fingerprint density at radius 2 is 1.33 bits per heavy atom. The zero-order chi connectivity index (χ0) is 17.4. The van der Waals surface area contributed by atoms with Crippen molar-refractivity contribution in [1.29, 1.82) is 0 Å². The van der Waals surface area contributed by atoms with E-state index in [2.05, 4.69) is 4.18 Å². The topological polar surface area (TPSA) is 43.4 Å². The molecule has 0 aliphatic heterocycles. The molecule has 0 saturated carbocycles. The minimum atomic E-state index is -5.73. The number of hydrogen-bond donors (Lipinski definition) is 0. The van der Waals surface area contributed by atoms with E-state index in [4.69, 9.17) is 0 Å². The van der Waals surface area contributed by atoms with Gasteiger partial charge in [0.1, 0.15) is 0 Å². The van der Waals surface area contributed by atoms with Crippen LogP contribution in [0.5, 0.6) is 5.75 Å². The summed E-state index contributed by atoms with van der Waals surface area (Å²) < 4.78 is 64.8. The highest BCUT2D eigenvalue weighted by Gasteiger charge is 2.48. The maximum absolute atomic E-state index is 12.6. The van der Waals surface area contributed by atoms with Crippen LogP contribution in [0.2, 0.25) is 0 Å². The SMILES string of the molecule is O=S(=O)(Oc1ccccc1-c1cccc2ccccc12)C(F)(F)F. The Kier molecular flexibility index (Phi) is 3.96. The molecule has 0 aromatic heterocycles. The van der Waals surface area contributed by atoms with Gasteiger partial charge in [0.05, 0.1) is 0 Å². The van der Waals surface area contributed by atoms with Crippen LogP contribution in [-0.2, 0) is 10.1 Å². The molecule has 0 spiro atoms. The summed E-state index contributed by atoms with van der Waals surface area (Å²) in [6.07, 6.45) is 0. The summed E-state index contributed by atoms with van der Waals surface area (Å²) in [5.74, 6) is -0.369. The van der Waals surface area contributed by atoms with E-state index >= 15 is 0 Å². The summed E-state index contributed by atoms with van der Waals surface area (Å²) in [4.78, 5) is 0. The third-order valence-corrected chi connectivity index (χ3v) is 4.42. The number of halogens is 3. The molecule has 0 radical (unpaired) electrons. The first kappa shape index (κ1) is 16.3. The van der Waals surface area contributed by atoms with Crippen LogP contribution >= 0.6 is 0 Å². The standard InChI is InChI=1S/C17H11F3O3S/c18-17(19,20)24(21,22)23-16-11-4-3-9-15(16)14-10-5-7-12-6-1-2-8-13(12)14/h1-11H. The van der Waals surface area contributed by atoms with E-state index in [1.54, 1.807) is 30.3 Å². The first-order valence-corrected chi connectivity index (χ1v) is 8.28. The van der Waals surface area contributed by atoms with E-state index in [0.29, 0.717) is 5.56 Å². The highest BCUT2D eigenvalue weighted by atomic mass is 32.2. The maximum atomic E-state index is 12.6. The summed E-state index contributed by atoms with van der Waals surface area (Å²) in [6, 6.07) is 18.3. The number of para-hydroxylation sites is 1. The largest absolute Gasteiger partial charge is 0.534 e. The molecule has 3 nitrogen and oxygen atoms in total. The van der Waals surface area contributed by atoms with Crippen molar-refractivity contribution >= 4 is 20.9 Å². The van der Waals surface area contributed by atoms with Crippen LogP contribution in [0.15, 0.2) is 66.7 Å². The van der Waals surface area contributed by atoms with E-state index in [1.165, 1.54) is 18.2 Å². The lowest BCUT2D eigenvalue weighted by Crippen LogP contribution is -2.28. The fourth-order valence-corrected chi connectivity index (χ4v) is 2.86. The molecule has 7 heteroatoms. The quantitative estimate of drug-likeness (QED) is 0.505. The van der Waals surface area contributed by atoms with Crippen LogP contribution in [0.3, 0.4) is 0 Å². The molecular weight excluding hydrogens is 341 g/mol. The van der Waals surface area contributed by atoms with Crippen molar-refractivity contribution < 1.29 is 25.8 Å². The van der Waals surface area contributed by atoms with Gasteiger partial charge in [-0.3, -0.25) is 0 Å². The van der Waals surface area contributed by atoms with Gasteiger partial charge in [-0.15, -0.1) is 0 Å². The van der Waals surface area contributed by atoms with Gasteiger partial charge < -0.3 is 4.18 Å². The molecule has 3 rings (SSSR count). The normalized spacial score (nSPS) is 12.3. The van der Waals surface area contributed by atoms with Crippen molar-refractivity contribution in [3.05, 3.63) is 66.7 Å². The molecule has 24 heavy (non-hydrogen) atoms. The first-order valence-electron chi connectivity index (χ1n) is 6.87. The molecule has 0 amide bonds. The van der Waals surface area contributed by atoms with E-state index in [0.717, 1.165) is 10.8 Å². The zero-order valence-corrected chi connectivity index (χ0v) is 12.9. The van der Waals surface area contributed by atoms with Crippen molar-refractivity contribution in [3.8, 4) is 16.9 Å². The summed E-state index contributed by atoms with van der Waals surface area (Å²) in [7, 11) is -5.73. The third-order valence-electron chi connectivity index (χ3n) is 3.45. The van der Waals surface area contributed by atoms with Crippen LogP contribution in [0, 0.1) is 0 Å². The molecule has 0 unspecified atom stereocenters. The summed E-state index contributed by atoms with van der Waals surface area (Å²) >= 11 is 0. The lowest BCUT2D eigenvalue weighted by atomic mass is 9.98. The minimum Gasteiger partial charge on any atom is -0.375 e. The predicted octanol–water partition coefficient (Wildman–Crippen LogP) is 4.74. The van der Waals surface area contributed by atoms with Gasteiger partial charge >= 0.3 is 15.6 Å². The van der Waals surface area contributed by atoms with Crippen LogP contribution < -0.4 is 4.18 Å². The van der Waals surface area contributed by atoms with E-state index in [1.807, 2.05) is 18.2 Å². The second-order valence-corrected chi connectivity index (χ2v) is 6.54. The van der Waals surface area contributed by atoms with E-state index in [9.17, 15) is 21.6 Å². The highest BCUT2D eigenvalue weighted by Crippen LogP contribution is 2.37. The van der Waals surface area contributed by atoms with Crippen LogP contribution in [-0.4, -0.2) is 13.9 Å². The average Bonchev–Trinajstić information content (AvgIpc) is 2.53. The molecule has 3 aromatic carbocycles. The zero-order valence-electron chi connectivity index (χ0n) is 12.1. The molecule has 0 fully saturated rings. The summed E-state index contributed by atoms with van der Waals surface area (Å²) in [5.41, 5.74) is -4.64. The molecule has 0 heterocycles.